The third-order valence-corrected chi connectivity index (χ3v) is 6.25. The van der Waals surface area contributed by atoms with Gasteiger partial charge in [-0.05, 0) is 59.1 Å². The second kappa shape index (κ2) is 7.65. The zero-order valence-corrected chi connectivity index (χ0v) is 16.7. The van der Waals surface area contributed by atoms with Crippen molar-refractivity contribution in [3.05, 3.63) is 76.9 Å². The quantitative estimate of drug-likeness (QED) is 0.546. The van der Waals surface area contributed by atoms with Crippen molar-refractivity contribution < 1.29 is 13.9 Å². The Bertz CT molecular complexity index is 1140. The third-order valence-electron chi connectivity index (χ3n) is 6.25. The molecule has 3 aromatic rings. The van der Waals surface area contributed by atoms with Crippen molar-refractivity contribution in [2.45, 2.75) is 25.7 Å². The van der Waals surface area contributed by atoms with Crippen LogP contribution in [-0.2, 0) is 17.6 Å². The van der Waals surface area contributed by atoms with Crippen molar-refractivity contribution in [2.75, 3.05) is 13.2 Å². The molecule has 0 bridgehead atoms. The minimum absolute atomic E-state index is 0.271. The van der Waals surface area contributed by atoms with Crippen molar-refractivity contribution in [3.8, 4) is 22.3 Å². The molecule has 2 aliphatic rings. The highest BCUT2D eigenvalue weighted by atomic mass is 19.1. The molecule has 1 aromatic heterocycles. The molecule has 1 aliphatic carbocycles. The number of carbonyl (C=O) groups is 1. The van der Waals surface area contributed by atoms with E-state index in [1.54, 1.807) is 24.4 Å². The van der Waals surface area contributed by atoms with Crippen LogP contribution in [0, 0.1) is 11.7 Å². The number of hydrogen-bond donors (Lipinski definition) is 1. The fourth-order valence-electron chi connectivity index (χ4n) is 4.77. The Morgan fingerprint density at radius 1 is 1.10 bits per heavy atom. The van der Waals surface area contributed by atoms with Crippen LogP contribution in [-0.4, -0.2) is 24.1 Å². The summed E-state index contributed by atoms with van der Waals surface area (Å²) in [4.78, 5) is 16.3. The topological polar surface area (TPSA) is 65.2 Å². The van der Waals surface area contributed by atoms with Gasteiger partial charge in [0, 0.05) is 37.0 Å². The van der Waals surface area contributed by atoms with Crippen LogP contribution < -0.4 is 5.73 Å². The molecule has 1 saturated heterocycles. The number of pyridine rings is 1. The first-order valence-corrected chi connectivity index (χ1v) is 10.4. The number of aromatic nitrogens is 1. The predicted octanol–water partition coefficient (Wildman–Crippen LogP) is 4.53. The van der Waals surface area contributed by atoms with E-state index in [4.69, 9.17) is 10.5 Å². The molecule has 1 fully saturated rings. The van der Waals surface area contributed by atoms with Gasteiger partial charge in [0.2, 0.25) is 0 Å². The Morgan fingerprint density at radius 3 is 2.67 bits per heavy atom. The Labute approximate surface area is 174 Å². The van der Waals surface area contributed by atoms with Crippen LogP contribution in [0.4, 0.5) is 4.39 Å². The number of rotatable bonds is 4. The summed E-state index contributed by atoms with van der Waals surface area (Å²) in [5.74, 6) is -0.225. The zero-order valence-electron chi connectivity index (χ0n) is 16.7. The van der Waals surface area contributed by atoms with E-state index in [2.05, 4.69) is 23.2 Å². The van der Waals surface area contributed by atoms with Crippen molar-refractivity contribution >= 4 is 5.91 Å². The van der Waals surface area contributed by atoms with Gasteiger partial charge in [-0.2, -0.15) is 0 Å². The van der Waals surface area contributed by atoms with E-state index in [9.17, 15) is 9.18 Å². The van der Waals surface area contributed by atoms with Gasteiger partial charge in [-0.25, -0.2) is 4.39 Å². The maximum Gasteiger partial charge on any atom is 0.267 e. The summed E-state index contributed by atoms with van der Waals surface area (Å²) in [6, 6.07) is 13.1. The summed E-state index contributed by atoms with van der Waals surface area (Å²) in [6.45, 7) is 1.67. The number of hydrogen-bond acceptors (Lipinski definition) is 3. The highest BCUT2D eigenvalue weighted by Crippen LogP contribution is 2.44. The van der Waals surface area contributed by atoms with Crippen LogP contribution >= 0.6 is 0 Å². The van der Waals surface area contributed by atoms with E-state index in [-0.39, 0.29) is 11.5 Å². The van der Waals surface area contributed by atoms with E-state index in [1.165, 1.54) is 11.6 Å². The summed E-state index contributed by atoms with van der Waals surface area (Å²) in [5.41, 5.74) is 12.2. The highest BCUT2D eigenvalue weighted by Gasteiger charge is 2.28. The van der Waals surface area contributed by atoms with Gasteiger partial charge in [-0.3, -0.25) is 9.78 Å². The molecular formula is C25H23FN2O2. The second-order valence-corrected chi connectivity index (χ2v) is 8.15. The van der Waals surface area contributed by atoms with Crippen LogP contribution in [0.25, 0.3) is 22.3 Å². The number of fused-ring (bicyclic) bond motifs is 3. The lowest BCUT2D eigenvalue weighted by Gasteiger charge is -2.22. The maximum absolute atomic E-state index is 14.6. The summed E-state index contributed by atoms with van der Waals surface area (Å²) in [7, 11) is 0. The Morgan fingerprint density at radius 2 is 1.90 bits per heavy atom. The van der Waals surface area contributed by atoms with Crippen molar-refractivity contribution in [1.29, 1.82) is 0 Å². The first kappa shape index (κ1) is 18.9. The molecule has 1 amide bonds. The van der Waals surface area contributed by atoms with E-state index in [0.29, 0.717) is 23.5 Å². The number of nitrogens with zero attached hydrogens (tertiary/aromatic N) is 1. The smallest absolute Gasteiger partial charge is 0.267 e. The van der Waals surface area contributed by atoms with E-state index < -0.39 is 5.91 Å². The Balaban J connectivity index is 1.59. The van der Waals surface area contributed by atoms with E-state index in [1.807, 2.05) is 0 Å². The molecule has 0 radical (unpaired) electrons. The molecule has 2 aromatic carbocycles. The van der Waals surface area contributed by atoms with Gasteiger partial charge in [0.05, 0.1) is 0 Å². The number of halogens is 1. The number of ether oxygens (including phenoxy) is 1. The Hall–Kier alpha value is -3.05. The summed E-state index contributed by atoms with van der Waals surface area (Å²) >= 11 is 0. The number of amides is 1. The summed E-state index contributed by atoms with van der Waals surface area (Å²) < 4.78 is 20.0. The molecule has 4 nitrogen and oxygen atoms in total. The summed E-state index contributed by atoms with van der Waals surface area (Å²) in [6.07, 6.45) is 5.35. The fourth-order valence-corrected chi connectivity index (χ4v) is 4.77. The van der Waals surface area contributed by atoms with Gasteiger partial charge < -0.3 is 10.5 Å². The molecule has 0 spiro atoms. The molecule has 5 heteroatoms. The van der Waals surface area contributed by atoms with Crippen LogP contribution in [0.5, 0.6) is 0 Å². The highest BCUT2D eigenvalue weighted by molar-refractivity contribution is 5.99. The average Bonchev–Trinajstić information content (AvgIpc) is 3.13. The molecule has 5 rings (SSSR count). The molecule has 0 atom stereocenters. The van der Waals surface area contributed by atoms with Crippen LogP contribution in [0.2, 0.25) is 0 Å². The minimum Gasteiger partial charge on any atom is -0.381 e. The van der Waals surface area contributed by atoms with Crippen LogP contribution in [0.1, 0.15) is 40.0 Å². The molecule has 30 heavy (non-hydrogen) atoms. The van der Waals surface area contributed by atoms with E-state index in [0.717, 1.165) is 54.7 Å². The third kappa shape index (κ3) is 3.29. The second-order valence-electron chi connectivity index (χ2n) is 8.15. The van der Waals surface area contributed by atoms with Crippen LogP contribution in [0.3, 0.4) is 0 Å². The van der Waals surface area contributed by atoms with Gasteiger partial charge in [0.1, 0.15) is 11.5 Å². The number of benzene rings is 2. The number of carbonyl (C=O) groups excluding carboxylic acids is 1. The first-order chi connectivity index (χ1) is 14.6. The number of nitrogens with two attached hydrogens (primary N) is 1. The SMILES string of the molecule is NC(=O)c1ncc(-c2ccccc2F)c2c1Cc1cc(CC3CCOCC3)ccc1-2. The molecule has 0 saturated carbocycles. The van der Waals surface area contributed by atoms with E-state index >= 15 is 0 Å². The lowest BCUT2D eigenvalue weighted by Crippen LogP contribution is -2.17. The standard InChI is InChI=1S/C25H23FN2O2/c26-22-4-2-1-3-19(22)21-14-28-24(25(27)29)20-13-17-12-16(5-6-18(17)23(20)21)11-15-7-9-30-10-8-15/h1-6,12,14-15H,7-11,13H2,(H2,27,29). The van der Waals surface area contributed by atoms with Crippen molar-refractivity contribution in [3.63, 3.8) is 0 Å². The molecule has 0 unspecified atom stereocenters. The molecule has 1 aliphatic heterocycles. The minimum atomic E-state index is -0.554. The molecule has 2 N–H and O–H groups in total. The van der Waals surface area contributed by atoms with Gasteiger partial charge in [0.15, 0.2) is 0 Å². The molecule has 2 heterocycles. The normalized spacial score (nSPS) is 15.6. The maximum atomic E-state index is 14.6. The van der Waals surface area contributed by atoms with Gasteiger partial charge in [-0.1, -0.05) is 36.4 Å². The van der Waals surface area contributed by atoms with Gasteiger partial charge >= 0.3 is 0 Å². The molecule has 152 valence electrons. The fraction of sp³-hybridized carbons (Fsp3) is 0.280. The Kier molecular flexibility index (Phi) is 4.83. The predicted molar refractivity (Wildman–Crippen MR) is 114 cm³/mol. The van der Waals surface area contributed by atoms with Gasteiger partial charge in [-0.15, -0.1) is 0 Å². The number of primary amides is 1. The summed E-state index contributed by atoms with van der Waals surface area (Å²) in [5, 5.41) is 0. The zero-order chi connectivity index (χ0) is 20.7. The lowest BCUT2D eigenvalue weighted by molar-refractivity contribution is 0.0665. The molecular weight excluding hydrogens is 379 g/mol. The largest absolute Gasteiger partial charge is 0.381 e. The average molecular weight is 402 g/mol. The van der Waals surface area contributed by atoms with Crippen LogP contribution in [0.15, 0.2) is 48.7 Å². The van der Waals surface area contributed by atoms with Gasteiger partial charge in [0.25, 0.3) is 5.91 Å². The van der Waals surface area contributed by atoms with Crippen molar-refractivity contribution in [2.24, 2.45) is 11.7 Å². The monoisotopic (exact) mass is 402 g/mol. The lowest BCUT2D eigenvalue weighted by atomic mass is 9.90. The van der Waals surface area contributed by atoms with Crippen molar-refractivity contribution in [1.82, 2.24) is 4.98 Å². The first-order valence-electron chi connectivity index (χ1n) is 10.4.